The lowest BCUT2D eigenvalue weighted by Crippen LogP contribution is -2.40. The maximum absolute atomic E-state index is 12.1. The molecule has 5 nitrogen and oxygen atoms in total. The Morgan fingerprint density at radius 3 is 2.14 bits per heavy atom. The lowest BCUT2D eigenvalue weighted by molar-refractivity contribution is -0.130. The van der Waals surface area contributed by atoms with E-state index >= 15 is 0 Å². The fourth-order valence-corrected chi connectivity index (χ4v) is 2.14. The van der Waals surface area contributed by atoms with E-state index in [2.05, 4.69) is 5.32 Å². The van der Waals surface area contributed by atoms with Crippen molar-refractivity contribution in [2.24, 2.45) is 0 Å². The van der Waals surface area contributed by atoms with E-state index in [1.54, 1.807) is 29.2 Å². The molecule has 0 saturated heterocycles. The smallest absolute Gasteiger partial charge is 0.251 e. The van der Waals surface area contributed by atoms with E-state index in [0.717, 1.165) is 31.7 Å². The second-order valence-corrected chi connectivity index (χ2v) is 5.02. The first-order valence-corrected chi connectivity index (χ1v) is 7.91. The van der Waals surface area contributed by atoms with Gasteiger partial charge in [0.05, 0.1) is 13.2 Å². The Labute approximate surface area is 132 Å². The van der Waals surface area contributed by atoms with Crippen molar-refractivity contribution in [2.45, 2.75) is 33.6 Å². The molecule has 0 bridgehead atoms. The molecule has 0 aliphatic carbocycles. The predicted molar refractivity (Wildman–Crippen MR) is 87.1 cm³/mol. The second kappa shape index (κ2) is 9.82. The van der Waals surface area contributed by atoms with E-state index in [-0.39, 0.29) is 18.4 Å². The van der Waals surface area contributed by atoms with Crippen molar-refractivity contribution < 1.29 is 14.3 Å². The molecule has 2 amide bonds. The molecule has 0 fully saturated rings. The molecule has 1 N–H and O–H groups in total. The summed E-state index contributed by atoms with van der Waals surface area (Å²) in [5, 5.41) is 2.68. The quantitative estimate of drug-likeness (QED) is 0.762. The molecule has 0 spiro atoms. The van der Waals surface area contributed by atoms with Crippen LogP contribution in [0.1, 0.15) is 44.0 Å². The highest BCUT2D eigenvalue weighted by Crippen LogP contribution is 2.11. The molecule has 0 aromatic heterocycles. The van der Waals surface area contributed by atoms with Crippen molar-refractivity contribution in [1.29, 1.82) is 0 Å². The molecule has 0 atom stereocenters. The Morgan fingerprint density at radius 1 is 1.05 bits per heavy atom. The number of carbonyl (C=O) groups excluding carboxylic acids is 2. The van der Waals surface area contributed by atoms with Gasteiger partial charge in [-0.15, -0.1) is 0 Å². The van der Waals surface area contributed by atoms with Gasteiger partial charge >= 0.3 is 0 Å². The van der Waals surface area contributed by atoms with Crippen molar-refractivity contribution in [2.75, 3.05) is 26.2 Å². The Morgan fingerprint density at radius 2 is 1.64 bits per heavy atom. The minimum Gasteiger partial charge on any atom is -0.494 e. The van der Waals surface area contributed by atoms with Gasteiger partial charge < -0.3 is 15.0 Å². The van der Waals surface area contributed by atoms with Crippen LogP contribution in [0.2, 0.25) is 0 Å². The SMILES string of the molecule is CCCN(CCC)C(=O)CNC(=O)c1ccc(OCC)cc1. The molecule has 0 heterocycles. The van der Waals surface area contributed by atoms with Gasteiger partial charge in [-0.1, -0.05) is 13.8 Å². The zero-order chi connectivity index (χ0) is 16.4. The van der Waals surface area contributed by atoms with Crippen molar-refractivity contribution in [3.8, 4) is 5.75 Å². The Balaban J connectivity index is 2.51. The molecule has 122 valence electrons. The van der Waals surface area contributed by atoms with Gasteiger partial charge in [0.2, 0.25) is 5.91 Å². The maximum atomic E-state index is 12.1. The molecule has 0 saturated carbocycles. The molecule has 5 heteroatoms. The highest BCUT2D eigenvalue weighted by Gasteiger charge is 2.13. The third-order valence-electron chi connectivity index (χ3n) is 3.17. The summed E-state index contributed by atoms with van der Waals surface area (Å²) in [7, 11) is 0. The summed E-state index contributed by atoms with van der Waals surface area (Å²) >= 11 is 0. The number of nitrogens with one attached hydrogen (secondary N) is 1. The summed E-state index contributed by atoms with van der Waals surface area (Å²) in [4.78, 5) is 25.9. The van der Waals surface area contributed by atoms with Crippen LogP contribution >= 0.6 is 0 Å². The van der Waals surface area contributed by atoms with Gasteiger partial charge in [-0.05, 0) is 44.0 Å². The van der Waals surface area contributed by atoms with Crippen LogP contribution in [-0.2, 0) is 4.79 Å². The number of rotatable bonds is 9. The molecular weight excluding hydrogens is 280 g/mol. The molecular formula is C17H26N2O3. The van der Waals surface area contributed by atoms with Gasteiger partial charge in [0.15, 0.2) is 0 Å². The fraction of sp³-hybridized carbons (Fsp3) is 0.529. The van der Waals surface area contributed by atoms with E-state index in [0.29, 0.717) is 12.2 Å². The zero-order valence-corrected chi connectivity index (χ0v) is 13.7. The standard InChI is InChI=1S/C17H26N2O3/c1-4-11-19(12-5-2)16(20)13-18-17(21)14-7-9-15(10-8-14)22-6-3/h7-10H,4-6,11-13H2,1-3H3,(H,18,21). The molecule has 0 radical (unpaired) electrons. The molecule has 0 unspecified atom stereocenters. The van der Waals surface area contributed by atoms with Gasteiger partial charge in [-0.25, -0.2) is 0 Å². The van der Waals surface area contributed by atoms with Crippen LogP contribution < -0.4 is 10.1 Å². The summed E-state index contributed by atoms with van der Waals surface area (Å²) in [6.45, 7) is 8.06. The number of ether oxygens (including phenoxy) is 1. The molecule has 1 aromatic carbocycles. The van der Waals surface area contributed by atoms with Crippen molar-refractivity contribution in [1.82, 2.24) is 10.2 Å². The summed E-state index contributed by atoms with van der Waals surface area (Å²) in [5.74, 6) is 0.444. The topological polar surface area (TPSA) is 58.6 Å². The third kappa shape index (κ3) is 5.76. The number of amides is 2. The largest absolute Gasteiger partial charge is 0.494 e. The number of hydrogen-bond acceptors (Lipinski definition) is 3. The highest BCUT2D eigenvalue weighted by atomic mass is 16.5. The van der Waals surface area contributed by atoms with Crippen molar-refractivity contribution in [3.63, 3.8) is 0 Å². The highest BCUT2D eigenvalue weighted by molar-refractivity contribution is 5.96. The van der Waals surface area contributed by atoms with Gasteiger partial charge in [-0.3, -0.25) is 9.59 Å². The van der Waals surface area contributed by atoms with E-state index in [4.69, 9.17) is 4.74 Å². The van der Waals surface area contributed by atoms with E-state index in [1.807, 2.05) is 20.8 Å². The zero-order valence-electron chi connectivity index (χ0n) is 13.7. The molecule has 22 heavy (non-hydrogen) atoms. The van der Waals surface area contributed by atoms with E-state index in [1.165, 1.54) is 0 Å². The van der Waals surface area contributed by atoms with E-state index < -0.39 is 0 Å². The fourth-order valence-electron chi connectivity index (χ4n) is 2.14. The Bertz CT molecular complexity index is 465. The second-order valence-electron chi connectivity index (χ2n) is 5.02. The molecule has 1 rings (SSSR count). The predicted octanol–water partition coefficient (Wildman–Crippen LogP) is 2.46. The van der Waals surface area contributed by atoms with Crippen LogP contribution in [-0.4, -0.2) is 43.0 Å². The van der Waals surface area contributed by atoms with Crippen LogP contribution in [0.15, 0.2) is 24.3 Å². The molecule has 0 aliphatic heterocycles. The molecule has 0 aliphatic rings. The van der Waals surface area contributed by atoms with Crippen LogP contribution in [0.5, 0.6) is 5.75 Å². The average molecular weight is 306 g/mol. The first-order valence-electron chi connectivity index (χ1n) is 7.91. The number of carbonyl (C=O) groups is 2. The van der Waals surface area contributed by atoms with E-state index in [9.17, 15) is 9.59 Å². The normalized spacial score (nSPS) is 10.1. The van der Waals surface area contributed by atoms with Gasteiger partial charge in [0, 0.05) is 18.7 Å². The van der Waals surface area contributed by atoms with Crippen LogP contribution in [0.25, 0.3) is 0 Å². The Kier molecular flexibility index (Phi) is 8.04. The summed E-state index contributed by atoms with van der Waals surface area (Å²) in [6, 6.07) is 6.89. The van der Waals surface area contributed by atoms with Gasteiger partial charge in [-0.2, -0.15) is 0 Å². The van der Waals surface area contributed by atoms with Crippen molar-refractivity contribution >= 4 is 11.8 Å². The average Bonchev–Trinajstić information content (AvgIpc) is 2.53. The first-order chi connectivity index (χ1) is 10.6. The third-order valence-corrected chi connectivity index (χ3v) is 3.17. The lowest BCUT2D eigenvalue weighted by atomic mass is 10.2. The van der Waals surface area contributed by atoms with Crippen LogP contribution in [0.3, 0.4) is 0 Å². The number of benzene rings is 1. The maximum Gasteiger partial charge on any atom is 0.251 e. The van der Waals surface area contributed by atoms with Gasteiger partial charge in [0.1, 0.15) is 5.75 Å². The van der Waals surface area contributed by atoms with Crippen molar-refractivity contribution in [3.05, 3.63) is 29.8 Å². The summed E-state index contributed by atoms with van der Waals surface area (Å²) in [5.41, 5.74) is 0.522. The number of nitrogens with zero attached hydrogens (tertiary/aromatic N) is 1. The summed E-state index contributed by atoms with van der Waals surface area (Å²) in [6.07, 6.45) is 1.83. The van der Waals surface area contributed by atoms with Gasteiger partial charge in [0.25, 0.3) is 5.91 Å². The van der Waals surface area contributed by atoms with Crippen LogP contribution in [0, 0.1) is 0 Å². The Hall–Kier alpha value is -2.04. The summed E-state index contributed by atoms with van der Waals surface area (Å²) < 4.78 is 5.33. The number of hydrogen-bond donors (Lipinski definition) is 1. The lowest BCUT2D eigenvalue weighted by Gasteiger charge is -2.21. The first kappa shape index (κ1) is 18.0. The minimum atomic E-state index is -0.246. The minimum absolute atomic E-state index is 0.0338. The molecule has 1 aromatic rings. The van der Waals surface area contributed by atoms with Crippen LogP contribution in [0.4, 0.5) is 0 Å². The monoisotopic (exact) mass is 306 g/mol.